The Morgan fingerprint density at radius 2 is 2.08 bits per heavy atom. The predicted molar refractivity (Wildman–Crippen MR) is 51.1 cm³/mol. The summed E-state index contributed by atoms with van der Waals surface area (Å²) < 4.78 is 23.7. The molecule has 0 aromatic carbocycles. The molecule has 0 unspecified atom stereocenters. The maximum atomic E-state index is 11.1. The van der Waals surface area contributed by atoms with Crippen LogP contribution in [-0.2, 0) is 10.0 Å². The molecule has 0 saturated carbocycles. The molecule has 1 saturated heterocycles. The second kappa shape index (κ2) is 4.41. The highest BCUT2D eigenvalue weighted by Crippen LogP contribution is 2.06. The minimum Gasteiger partial charge on any atom is -0.314 e. The first-order valence-corrected chi connectivity index (χ1v) is 5.54. The van der Waals surface area contributed by atoms with Gasteiger partial charge in [-0.15, -0.1) is 12.4 Å². The number of rotatable bonds is 1. The Kier molecular flexibility index (Phi) is 4.47. The van der Waals surface area contributed by atoms with Crippen molar-refractivity contribution in [2.24, 2.45) is 0 Å². The second-order valence-corrected chi connectivity index (χ2v) is 4.86. The van der Waals surface area contributed by atoms with E-state index in [0.717, 1.165) is 13.1 Å². The highest BCUT2D eigenvalue weighted by molar-refractivity contribution is 7.88. The van der Waals surface area contributed by atoms with Crippen LogP contribution in [0.5, 0.6) is 0 Å². The Balaban J connectivity index is 0.00000121. The van der Waals surface area contributed by atoms with Crippen LogP contribution in [0.1, 0.15) is 6.92 Å². The fourth-order valence-corrected chi connectivity index (χ4v) is 2.47. The number of hydrogen-bond acceptors (Lipinski definition) is 3. The van der Waals surface area contributed by atoms with Crippen LogP contribution in [0.2, 0.25) is 0 Å². The molecule has 0 spiro atoms. The average molecular weight is 215 g/mol. The molecule has 0 radical (unpaired) electrons. The van der Waals surface area contributed by atoms with Gasteiger partial charge in [0.25, 0.3) is 0 Å². The highest BCUT2D eigenvalue weighted by atomic mass is 35.5. The van der Waals surface area contributed by atoms with Gasteiger partial charge in [0.1, 0.15) is 0 Å². The molecule has 1 atom stereocenters. The third-order valence-corrected chi connectivity index (χ3v) is 3.26. The van der Waals surface area contributed by atoms with Gasteiger partial charge in [0, 0.05) is 25.7 Å². The Bertz CT molecular complexity index is 230. The summed E-state index contributed by atoms with van der Waals surface area (Å²) in [4.78, 5) is 0. The summed E-state index contributed by atoms with van der Waals surface area (Å²) >= 11 is 0. The van der Waals surface area contributed by atoms with Crippen LogP contribution in [0.15, 0.2) is 0 Å². The molecule has 4 nitrogen and oxygen atoms in total. The van der Waals surface area contributed by atoms with Gasteiger partial charge in [0.15, 0.2) is 0 Å². The molecule has 1 fully saturated rings. The maximum absolute atomic E-state index is 11.1. The van der Waals surface area contributed by atoms with Crippen LogP contribution in [-0.4, -0.2) is 44.7 Å². The number of halogens is 1. The average Bonchev–Trinajstić information content (AvgIpc) is 1.86. The fraction of sp³-hybridized carbons (Fsp3) is 1.00. The molecule has 12 heavy (non-hydrogen) atoms. The van der Waals surface area contributed by atoms with E-state index in [1.54, 1.807) is 0 Å². The van der Waals surface area contributed by atoms with Gasteiger partial charge in [0.05, 0.1) is 6.26 Å². The molecule has 0 aromatic heterocycles. The zero-order chi connectivity index (χ0) is 8.48. The van der Waals surface area contributed by atoms with Gasteiger partial charge in [-0.25, -0.2) is 8.42 Å². The lowest BCUT2D eigenvalue weighted by Crippen LogP contribution is -2.51. The van der Waals surface area contributed by atoms with Crippen molar-refractivity contribution < 1.29 is 8.42 Å². The molecule has 0 aromatic rings. The van der Waals surface area contributed by atoms with Crippen LogP contribution < -0.4 is 5.32 Å². The standard InChI is InChI=1S/C6H14N2O2S.ClH/c1-6-5-7-3-4-8(6)11(2,9)10;/h6-7H,3-5H2,1-2H3;1H/t6-;/m1./s1. The van der Waals surface area contributed by atoms with E-state index in [1.165, 1.54) is 10.6 Å². The van der Waals surface area contributed by atoms with Gasteiger partial charge < -0.3 is 5.32 Å². The van der Waals surface area contributed by atoms with E-state index < -0.39 is 10.0 Å². The summed E-state index contributed by atoms with van der Waals surface area (Å²) in [7, 11) is -2.98. The zero-order valence-electron chi connectivity index (χ0n) is 7.28. The fourth-order valence-electron chi connectivity index (χ4n) is 1.32. The van der Waals surface area contributed by atoms with Crippen molar-refractivity contribution in [1.82, 2.24) is 9.62 Å². The lowest BCUT2D eigenvalue weighted by molar-refractivity contribution is 0.285. The molecule has 74 valence electrons. The molecule has 0 amide bonds. The van der Waals surface area contributed by atoms with Crippen LogP contribution in [0.25, 0.3) is 0 Å². The Morgan fingerprint density at radius 1 is 1.50 bits per heavy atom. The normalized spacial score (nSPS) is 26.3. The van der Waals surface area contributed by atoms with Gasteiger partial charge in [-0.05, 0) is 6.92 Å². The van der Waals surface area contributed by atoms with Gasteiger partial charge in [-0.2, -0.15) is 4.31 Å². The van der Waals surface area contributed by atoms with E-state index in [1.807, 2.05) is 6.92 Å². The van der Waals surface area contributed by atoms with Gasteiger partial charge >= 0.3 is 0 Å². The van der Waals surface area contributed by atoms with Gasteiger partial charge in [0.2, 0.25) is 10.0 Å². The number of sulfonamides is 1. The van der Waals surface area contributed by atoms with E-state index in [0.29, 0.717) is 6.54 Å². The van der Waals surface area contributed by atoms with Crippen molar-refractivity contribution in [3.05, 3.63) is 0 Å². The van der Waals surface area contributed by atoms with E-state index in [-0.39, 0.29) is 18.4 Å². The highest BCUT2D eigenvalue weighted by Gasteiger charge is 2.25. The summed E-state index contributed by atoms with van der Waals surface area (Å²) in [5, 5.41) is 3.13. The zero-order valence-corrected chi connectivity index (χ0v) is 8.91. The number of nitrogens with zero attached hydrogens (tertiary/aromatic N) is 1. The van der Waals surface area contributed by atoms with Crippen LogP contribution in [0, 0.1) is 0 Å². The van der Waals surface area contributed by atoms with E-state index in [4.69, 9.17) is 0 Å². The van der Waals surface area contributed by atoms with Crippen LogP contribution in [0.3, 0.4) is 0 Å². The van der Waals surface area contributed by atoms with Crippen LogP contribution >= 0.6 is 12.4 Å². The minimum atomic E-state index is -2.98. The molecule has 1 heterocycles. The Hall–Kier alpha value is 0.160. The predicted octanol–water partition coefficient (Wildman–Crippen LogP) is -0.338. The van der Waals surface area contributed by atoms with Crippen molar-refractivity contribution in [2.45, 2.75) is 13.0 Å². The molecular formula is C6H15ClN2O2S. The monoisotopic (exact) mass is 214 g/mol. The molecule has 1 rings (SSSR count). The molecule has 0 bridgehead atoms. The van der Waals surface area contributed by atoms with Crippen molar-refractivity contribution in [3.63, 3.8) is 0 Å². The summed E-state index contributed by atoms with van der Waals surface area (Å²) in [5.74, 6) is 0. The molecule has 6 heteroatoms. The summed E-state index contributed by atoms with van der Waals surface area (Å²) in [6.45, 7) is 4.03. The van der Waals surface area contributed by atoms with E-state index in [9.17, 15) is 8.42 Å². The third-order valence-electron chi connectivity index (χ3n) is 1.87. The molecule has 1 N–H and O–H groups in total. The molecule has 0 aliphatic carbocycles. The molecular weight excluding hydrogens is 200 g/mol. The molecule has 1 aliphatic heterocycles. The molecule has 1 aliphatic rings. The minimum absolute atomic E-state index is 0. The maximum Gasteiger partial charge on any atom is 0.211 e. The second-order valence-electron chi connectivity index (χ2n) is 2.93. The Labute approximate surface area is 79.8 Å². The van der Waals surface area contributed by atoms with Crippen molar-refractivity contribution >= 4 is 22.4 Å². The lowest BCUT2D eigenvalue weighted by Gasteiger charge is -2.31. The lowest BCUT2D eigenvalue weighted by atomic mass is 10.3. The van der Waals surface area contributed by atoms with Crippen molar-refractivity contribution in [3.8, 4) is 0 Å². The Morgan fingerprint density at radius 3 is 2.42 bits per heavy atom. The smallest absolute Gasteiger partial charge is 0.211 e. The first-order chi connectivity index (χ1) is 5.02. The number of nitrogens with one attached hydrogen (secondary N) is 1. The number of hydrogen-bond donors (Lipinski definition) is 1. The van der Waals surface area contributed by atoms with Gasteiger partial charge in [-0.3, -0.25) is 0 Å². The number of piperazine rings is 1. The van der Waals surface area contributed by atoms with E-state index in [2.05, 4.69) is 5.32 Å². The summed E-state index contributed by atoms with van der Waals surface area (Å²) in [6, 6.07) is 0.0961. The first kappa shape index (κ1) is 12.2. The topological polar surface area (TPSA) is 49.4 Å². The quantitative estimate of drug-likeness (QED) is 0.650. The summed E-state index contributed by atoms with van der Waals surface area (Å²) in [5.41, 5.74) is 0. The van der Waals surface area contributed by atoms with Crippen molar-refractivity contribution in [1.29, 1.82) is 0 Å². The third kappa shape index (κ3) is 2.90. The van der Waals surface area contributed by atoms with Crippen LogP contribution in [0.4, 0.5) is 0 Å². The SMILES string of the molecule is C[C@@H]1CNCCN1S(C)(=O)=O.Cl. The van der Waals surface area contributed by atoms with Gasteiger partial charge in [-0.1, -0.05) is 0 Å². The van der Waals surface area contributed by atoms with Crippen molar-refractivity contribution in [2.75, 3.05) is 25.9 Å². The largest absolute Gasteiger partial charge is 0.314 e. The van der Waals surface area contributed by atoms with E-state index >= 15 is 0 Å². The first-order valence-electron chi connectivity index (χ1n) is 3.69. The summed E-state index contributed by atoms with van der Waals surface area (Å²) in [6.07, 6.45) is 1.26.